The minimum absolute atomic E-state index is 0.161. The zero-order valence-corrected chi connectivity index (χ0v) is 17.0. The molecule has 0 aliphatic rings. The number of amides is 1. The first kappa shape index (κ1) is 18.6. The molecule has 4 nitrogen and oxygen atoms in total. The molecule has 1 amide bonds. The number of nitrogens with one attached hydrogen (secondary N) is 2. The van der Waals surface area contributed by atoms with Crippen molar-refractivity contribution in [1.29, 1.82) is 0 Å². The van der Waals surface area contributed by atoms with Crippen molar-refractivity contribution < 1.29 is 4.79 Å². The highest BCUT2D eigenvalue weighted by atomic mass is 79.9. The van der Waals surface area contributed by atoms with Crippen molar-refractivity contribution in [2.75, 3.05) is 6.54 Å². The van der Waals surface area contributed by atoms with Gasteiger partial charge in [0, 0.05) is 28.3 Å². The third-order valence-corrected chi connectivity index (χ3v) is 5.17. The number of aromatic amines is 1. The molecule has 0 spiro atoms. The van der Waals surface area contributed by atoms with Crippen molar-refractivity contribution in [3.05, 3.63) is 81.3 Å². The van der Waals surface area contributed by atoms with Gasteiger partial charge >= 0.3 is 0 Å². The summed E-state index contributed by atoms with van der Waals surface area (Å²) in [6.07, 6.45) is 1.65. The van der Waals surface area contributed by atoms with E-state index >= 15 is 0 Å². The Bertz CT molecular complexity index is 959. The highest BCUT2D eigenvalue weighted by Gasteiger charge is 2.23. The minimum Gasteiger partial charge on any atom is -0.350 e. The molecule has 0 aliphatic heterocycles. The molecule has 0 bridgehead atoms. The monoisotopic (exact) mass is 429 g/mol. The Morgan fingerprint density at radius 3 is 2.46 bits per heavy atom. The second-order valence-electron chi connectivity index (χ2n) is 6.72. The fourth-order valence-electron chi connectivity index (χ4n) is 2.76. The van der Waals surface area contributed by atoms with Crippen LogP contribution in [0.2, 0.25) is 0 Å². The largest absolute Gasteiger partial charge is 0.350 e. The molecule has 1 aromatic heterocycles. The van der Waals surface area contributed by atoms with E-state index in [-0.39, 0.29) is 11.3 Å². The molecule has 2 N–H and O–H groups in total. The molecule has 0 unspecified atom stereocenters. The maximum Gasteiger partial charge on any atom is 0.269 e. The Labute approximate surface area is 166 Å². The van der Waals surface area contributed by atoms with Crippen molar-refractivity contribution in [2.45, 2.75) is 19.3 Å². The van der Waals surface area contributed by atoms with Crippen LogP contribution in [0.25, 0.3) is 5.69 Å². The lowest BCUT2D eigenvalue weighted by Gasteiger charge is -2.26. The molecular formula is C20H20BrN3OS. The predicted molar refractivity (Wildman–Crippen MR) is 110 cm³/mol. The molecule has 1 heterocycles. The molecule has 0 aliphatic carbocycles. The maximum atomic E-state index is 12.8. The van der Waals surface area contributed by atoms with Gasteiger partial charge in [0.2, 0.25) is 0 Å². The van der Waals surface area contributed by atoms with Crippen molar-refractivity contribution in [2.24, 2.45) is 0 Å². The van der Waals surface area contributed by atoms with Crippen LogP contribution in [0.1, 0.15) is 29.9 Å². The number of carbonyl (C=O) groups is 1. The van der Waals surface area contributed by atoms with Crippen molar-refractivity contribution >= 4 is 34.1 Å². The van der Waals surface area contributed by atoms with E-state index in [9.17, 15) is 4.79 Å². The van der Waals surface area contributed by atoms with E-state index in [0.29, 0.717) is 17.0 Å². The lowest BCUT2D eigenvalue weighted by Crippen LogP contribution is -2.37. The summed E-state index contributed by atoms with van der Waals surface area (Å²) in [5.41, 5.74) is 2.32. The number of rotatable bonds is 5. The second kappa shape index (κ2) is 7.60. The summed E-state index contributed by atoms with van der Waals surface area (Å²) < 4.78 is 3.28. The Kier molecular flexibility index (Phi) is 5.44. The predicted octanol–water partition coefficient (Wildman–Crippen LogP) is 5.00. The molecule has 0 atom stereocenters. The number of halogens is 1. The smallest absolute Gasteiger partial charge is 0.269 e. The van der Waals surface area contributed by atoms with Crippen LogP contribution in [-0.2, 0) is 5.41 Å². The first-order valence-corrected chi connectivity index (χ1v) is 9.49. The topological polar surface area (TPSA) is 49.8 Å². The molecule has 3 aromatic rings. The van der Waals surface area contributed by atoms with Crippen LogP contribution in [0.3, 0.4) is 0 Å². The maximum absolute atomic E-state index is 12.8. The lowest BCUT2D eigenvalue weighted by atomic mass is 9.84. The molecule has 3 rings (SSSR count). The summed E-state index contributed by atoms with van der Waals surface area (Å²) in [4.78, 5) is 15.7. The van der Waals surface area contributed by atoms with Gasteiger partial charge in [-0.2, -0.15) is 0 Å². The molecule has 134 valence electrons. The number of imidazole rings is 1. The highest BCUT2D eigenvalue weighted by Crippen LogP contribution is 2.24. The van der Waals surface area contributed by atoms with Gasteiger partial charge in [0.25, 0.3) is 5.91 Å². The van der Waals surface area contributed by atoms with Gasteiger partial charge in [-0.25, -0.2) is 0 Å². The van der Waals surface area contributed by atoms with Gasteiger partial charge in [-0.1, -0.05) is 60.1 Å². The van der Waals surface area contributed by atoms with Crippen LogP contribution >= 0.6 is 28.1 Å². The number of aromatic nitrogens is 2. The quantitative estimate of drug-likeness (QED) is 0.560. The third-order valence-electron chi connectivity index (χ3n) is 4.34. The van der Waals surface area contributed by atoms with Crippen LogP contribution in [0.15, 0.2) is 65.3 Å². The number of H-pyrrole nitrogens is 1. The van der Waals surface area contributed by atoms with Crippen LogP contribution in [0.5, 0.6) is 0 Å². The van der Waals surface area contributed by atoms with E-state index in [4.69, 9.17) is 12.2 Å². The van der Waals surface area contributed by atoms with Crippen LogP contribution < -0.4 is 5.32 Å². The zero-order valence-electron chi connectivity index (χ0n) is 14.6. The number of carbonyl (C=O) groups excluding carboxylic acids is 1. The van der Waals surface area contributed by atoms with Crippen LogP contribution in [0.4, 0.5) is 0 Å². The van der Waals surface area contributed by atoms with Crippen molar-refractivity contribution in [3.63, 3.8) is 0 Å². The van der Waals surface area contributed by atoms with Gasteiger partial charge < -0.3 is 10.3 Å². The number of nitrogens with zero attached hydrogens (tertiary/aromatic N) is 1. The Morgan fingerprint density at radius 1 is 1.15 bits per heavy atom. The van der Waals surface area contributed by atoms with Crippen molar-refractivity contribution in [1.82, 2.24) is 14.9 Å². The van der Waals surface area contributed by atoms with E-state index in [0.717, 1.165) is 15.7 Å². The summed E-state index contributed by atoms with van der Waals surface area (Å²) in [6, 6.07) is 17.8. The first-order valence-electron chi connectivity index (χ1n) is 8.28. The van der Waals surface area contributed by atoms with Gasteiger partial charge in [-0.3, -0.25) is 9.36 Å². The van der Waals surface area contributed by atoms with Gasteiger partial charge in [0.1, 0.15) is 5.69 Å². The Morgan fingerprint density at radius 2 is 1.81 bits per heavy atom. The normalized spacial score (nSPS) is 11.3. The van der Waals surface area contributed by atoms with Gasteiger partial charge in [-0.15, -0.1) is 0 Å². The van der Waals surface area contributed by atoms with Gasteiger partial charge in [0.05, 0.1) is 0 Å². The van der Waals surface area contributed by atoms with Gasteiger partial charge in [0.15, 0.2) is 4.77 Å². The number of para-hydroxylation sites is 1. The Hall–Kier alpha value is -2.18. The number of hydrogen-bond acceptors (Lipinski definition) is 2. The van der Waals surface area contributed by atoms with Crippen LogP contribution in [0, 0.1) is 4.77 Å². The third kappa shape index (κ3) is 3.97. The summed E-state index contributed by atoms with van der Waals surface area (Å²) in [6.45, 7) is 4.73. The summed E-state index contributed by atoms with van der Waals surface area (Å²) in [5.74, 6) is -0.161. The Balaban J connectivity index is 1.79. The van der Waals surface area contributed by atoms with E-state index in [1.165, 1.54) is 0 Å². The molecule has 0 saturated carbocycles. The molecule has 0 radical (unpaired) electrons. The fraction of sp³-hybridized carbons (Fsp3) is 0.200. The van der Waals surface area contributed by atoms with E-state index < -0.39 is 0 Å². The lowest BCUT2D eigenvalue weighted by molar-refractivity contribution is 0.0938. The first-order chi connectivity index (χ1) is 12.4. The summed E-state index contributed by atoms with van der Waals surface area (Å²) in [5, 5.41) is 3.04. The average Bonchev–Trinajstić information content (AvgIpc) is 3.02. The fourth-order valence-corrected chi connectivity index (χ4v) is 3.29. The number of benzene rings is 2. The molecule has 0 fully saturated rings. The van der Waals surface area contributed by atoms with Crippen molar-refractivity contribution in [3.8, 4) is 5.69 Å². The van der Waals surface area contributed by atoms with E-state index in [1.54, 1.807) is 10.8 Å². The summed E-state index contributed by atoms with van der Waals surface area (Å²) >= 11 is 8.80. The van der Waals surface area contributed by atoms with E-state index in [2.05, 4.69) is 52.2 Å². The SMILES string of the molecule is CC(C)(CNC(=O)c1c[nH]c(=S)n1-c1ccccc1)c1ccc(Br)cc1. The molecule has 6 heteroatoms. The van der Waals surface area contributed by atoms with E-state index in [1.807, 2.05) is 42.5 Å². The summed E-state index contributed by atoms with van der Waals surface area (Å²) in [7, 11) is 0. The minimum atomic E-state index is -0.193. The molecule has 2 aromatic carbocycles. The molecule has 0 saturated heterocycles. The standard InChI is InChI=1S/C20H20BrN3OS/c1-20(2,14-8-10-15(21)11-9-14)13-23-18(25)17-12-22-19(26)24(17)16-6-4-3-5-7-16/h3-12H,13H2,1-2H3,(H,22,26)(H,23,25). The molecular weight excluding hydrogens is 410 g/mol. The average molecular weight is 430 g/mol. The molecule has 26 heavy (non-hydrogen) atoms. The highest BCUT2D eigenvalue weighted by molar-refractivity contribution is 9.10. The van der Waals surface area contributed by atoms with Crippen LogP contribution in [-0.4, -0.2) is 22.0 Å². The second-order valence-corrected chi connectivity index (χ2v) is 8.03. The van der Waals surface area contributed by atoms with Gasteiger partial charge in [-0.05, 0) is 42.0 Å². The number of hydrogen-bond donors (Lipinski definition) is 2. The zero-order chi connectivity index (χ0) is 18.7.